The average molecular weight is 402 g/mol. The van der Waals surface area contributed by atoms with E-state index in [0.717, 1.165) is 46.0 Å². The molecule has 0 saturated heterocycles. The van der Waals surface area contributed by atoms with E-state index < -0.39 is 0 Å². The molecule has 6 nitrogen and oxygen atoms in total. The highest BCUT2D eigenvalue weighted by molar-refractivity contribution is 6.02. The van der Waals surface area contributed by atoms with Gasteiger partial charge in [-0.15, -0.1) is 10.2 Å². The van der Waals surface area contributed by atoms with Crippen molar-refractivity contribution < 1.29 is 4.74 Å². The van der Waals surface area contributed by atoms with Gasteiger partial charge in [-0.1, -0.05) is 30.3 Å². The van der Waals surface area contributed by atoms with Crippen molar-refractivity contribution >= 4 is 22.4 Å². The quantitative estimate of drug-likeness (QED) is 0.509. The van der Waals surface area contributed by atoms with Gasteiger partial charge >= 0.3 is 0 Å². The number of benzene rings is 2. The zero-order valence-corrected chi connectivity index (χ0v) is 17.9. The summed E-state index contributed by atoms with van der Waals surface area (Å²) in [7, 11) is 2.04. The number of aromatic nitrogens is 3. The largest absolute Gasteiger partial charge is 0.494 e. The lowest BCUT2D eigenvalue weighted by molar-refractivity contribution is 0.340. The van der Waals surface area contributed by atoms with Crippen LogP contribution in [0.5, 0.6) is 5.75 Å². The Bertz CT molecular complexity index is 1170. The molecule has 4 rings (SSSR count). The molecule has 0 bridgehead atoms. The third kappa shape index (κ3) is 3.45. The molecule has 0 radical (unpaired) electrons. The van der Waals surface area contributed by atoms with E-state index in [0.29, 0.717) is 12.4 Å². The van der Waals surface area contributed by atoms with Gasteiger partial charge in [0.25, 0.3) is 0 Å². The minimum Gasteiger partial charge on any atom is -0.494 e. The first-order valence-electron chi connectivity index (χ1n) is 10.1. The van der Waals surface area contributed by atoms with E-state index in [1.807, 2.05) is 44.3 Å². The Kier molecular flexibility index (Phi) is 5.31. The predicted octanol–water partition coefficient (Wildman–Crippen LogP) is 4.65. The molecule has 0 fully saturated rings. The number of nitrogens with zero attached hydrogens (tertiary/aromatic N) is 4. The van der Waals surface area contributed by atoms with E-state index in [9.17, 15) is 0 Å². The molecular formula is C24H27N5O. The number of nitrogen functional groups attached to an aromatic ring is 1. The Morgan fingerprint density at radius 1 is 0.933 bits per heavy atom. The van der Waals surface area contributed by atoms with Crippen LogP contribution in [-0.4, -0.2) is 28.4 Å². The fourth-order valence-electron chi connectivity index (χ4n) is 4.07. The highest BCUT2D eigenvalue weighted by atomic mass is 16.5. The van der Waals surface area contributed by atoms with Crippen LogP contribution in [0.4, 0.5) is 11.6 Å². The Hall–Kier alpha value is -3.54. The van der Waals surface area contributed by atoms with Gasteiger partial charge in [0, 0.05) is 30.7 Å². The van der Waals surface area contributed by atoms with Crippen molar-refractivity contribution in [2.24, 2.45) is 0 Å². The van der Waals surface area contributed by atoms with Crippen LogP contribution in [0.1, 0.15) is 23.9 Å². The van der Waals surface area contributed by atoms with Gasteiger partial charge in [0.05, 0.1) is 17.4 Å². The van der Waals surface area contributed by atoms with Crippen molar-refractivity contribution in [2.45, 2.75) is 27.3 Å². The monoisotopic (exact) mass is 401 g/mol. The maximum atomic E-state index is 6.28. The lowest BCUT2D eigenvalue weighted by Gasteiger charge is -2.19. The second-order valence-electron chi connectivity index (χ2n) is 7.43. The van der Waals surface area contributed by atoms with Crippen molar-refractivity contribution in [2.75, 3.05) is 24.3 Å². The molecule has 154 valence electrons. The van der Waals surface area contributed by atoms with Crippen molar-refractivity contribution in [3.8, 4) is 11.4 Å². The zero-order chi connectivity index (χ0) is 21.3. The number of hydrogen-bond donors (Lipinski definition) is 1. The molecule has 6 heteroatoms. The van der Waals surface area contributed by atoms with Crippen LogP contribution < -0.4 is 15.4 Å². The van der Waals surface area contributed by atoms with Crippen molar-refractivity contribution in [1.29, 1.82) is 0 Å². The molecule has 0 spiro atoms. The SMILES string of the molecule is CCOc1ccc(-n2c(C)c3c(N)nnc(N(C)Cc4ccccc4)c3c2C)cc1. The van der Waals surface area contributed by atoms with Gasteiger partial charge in [-0.3, -0.25) is 0 Å². The molecule has 0 unspecified atom stereocenters. The van der Waals surface area contributed by atoms with Crippen LogP contribution in [-0.2, 0) is 6.54 Å². The molecule has 2 heterocycles. The number of aryl methyl sites for hydroxylation is 2. The zero-order valence-electron chi connectivity index (χ0n) is 17.9. The van der Waals surface area contributed by atoms with Crippen LogP contribution >= 0.6 is 0 Å². The topological polar surface area (TPSA) is 69.2 Å². The number of anilines is 2. The third-order valence-corrected chi connectivity index (χ3v) is 5.41. The Labute approximate surface area is 176 Å². The van der Waals surface area contributed by atoms with E-state index in [1.165, 1.54) is 5.56 Å². The number of hydrogen-bond acceptors (Lipinski definition) is 5. The summed E-state index contributed by atoms with van der Waals surface area (Å²) in [6, 6.07) is 18.5. The molecule has 0 aliphatic carbocycles. The average Bonchev–Trinajstić information content (AvgIpc) is 3.01. The van der Waals surface area contributed by atoms with Crippen LogP contribution in [0, 0.1) is 13.8 Å². The summed E-state index contributed by atoms with van der Waals surface area (Å²) in [6.45, 7) is 7.55. The van der Waals surface area contributed by atoms with E-state index >= 15 is 0 Å². The number of fused-ring (bicyclic) bond motifs is 1. The van der Waals surface area contributed by atoms with E-state index in [4.69, 9.17) is 10.5 Å². The van der Waals surface area contributed by atoms with Gasteiger partial charge in [0.15, 0.2) is 11.6 Å². The molecule has 0 aliphatic heterocycles. The summed E-state index contributed by atoms with van der Waals surface area (Å²) >= 11 is 0. The Morgan fingerprint density at radius 3 is 2.27 bits per heavy atom. The van der Waals surface area contributed by atoms with Gasteiger partial charge in [0.2, 0.25) is 0 Å². The molecule has 0 saturated carbocycles. The second kappa shape index (κ2) is 8.06. The van der Waals surface area contributed by atoms with Crippen LogP contribution in [0.15, 0.2) is 54.6 Å². The fraction of sp³-hybridized carbons (Fsp3) is 0.250. The maximum absolute atomic E-state index is 6.28. The minimum absolute atomic E-state index is 0.451. The minimum atomic E-state index is 0.451. The first kappa shape index (κ1) is 19.8. The molecule has 4 aromatic rings. The fourth-order valence-corrected chi connectivity index (χ4v) is 4.07. The number of nitrogens with two attached hydrogens (primary N) is 1. The lowest BCUT2D eigenvalue weighted by atomic mass is 10.1. The maximum Gasteiger partial charge on any atom is 0.161 e. The molecule has 2 N–H and O–H groups in total. The highest BCUT2D eigenvalue weighted by Crippen LogP contribution is 2.36. The van der Waals surface area contributed by atoms with Gasteiger partial charge in [0.1, 0.15) is 5.75 Å². The first-order chi connectivity index (χ1) is 14.5. The van der Waals surface area contributed by atoms with Gasteiger partial charge in [-0.25, -0.2) is 0 Å². The third-order valence-electron chi connectivity index (χ3n) is 5.41. The summed E-state index contributed by atoms with van der Waals surface area (Å²) < 4.78 is 7.79. The predicted molar refractivity (Wildman–Crippen MR) is 122 cm³/mol. The number of ether oxygens (including phenoxy) is 1. The number of rotatable bonds is 6. The normalized spacial score (nSPS) is 11.1. The summed E-state index contributed by atoms with van der Waals surface area (Å²) in [5.74, 6) is 2.14. The van der Waals surface area contributed by atoms with Crippen molar-refractivity contribution in [3.05, 3.63) is 71.5 Å². The van der Waals surface area contributed by atoms with Crippen molar-refractivity contribution in [1.82, 2.24) is 14.8 Å². The smallest absolute Gasteiger partial charge is 0.161 e. The highest BCUT2D eigenvalue weighted by Gasteiger charge is 2.21. The van der Waals surface area contributed by atoms with Gasteiger partial charge in [-0.05, 0) is 50.6 Å². The van der Waals surface area contributed by atoms with E-state index in [2.05, 4.69) is 57.8 Å². The lowest BCUT2D eigenvalue weighted by Crippen LogP contribution is -2.19. The van der Waals surface area contributed by atoms with E-state index in [-0.39, 0.29) is 0 Å². The van der Waals surface area contributed by atoms with Crippen LogP contribution in [0.3, 0.4) is 0 Å². The summed E-state index contributed by atoms with van der Waals surface area (Å²) in [6.07, 6.45) is 0. The Balaban J connectivity index is 1.83. The van der Waals surface area contributed by atoms with Crippen molar-refractivity contribution in [3.63, 3.8) is 0 Å². The molecule has 0 aliphatic rings. The summed E-state index contributed by atoms with van der Waals surface area (Å²) in [5, 5.41) is 10.7. The van der Waals surface area contributed by atoms with Crippen LogP contribution in [0.2, 0.25) is 0 Å². The summed E-state index contributed by atoms with van der Waals surface area (Å²) in [5.41, 5.74) is 10.7. The molecular weight excluding hydrogens is 374 g/mol. The Morgan fingerprint density at radius 2 is 1.60 bits per heavy atom. The van der Waals surface area contributed by atoms with Gasteiger partial charge < -0.3 is 19.9 Å². The summed E-state index contributed by atoms with van der Waals surface area (Å²) in [4.78, 5) is 2.12. The molecule has 2 aromatic heterocycles. The molecule has 0 amide bonds. The van der Waals surface area contributed by atoms with Crippen LogP contribution in [0.25, 0.3) is 16.5 Å². The second-order valence-corrected chi connectivity index (χ2v) is 7.43. The van der Waals surface area contributed by atoms with E-state index in [1.54, 1.807) is 0 Å². The van der Waals surface area contributed by atoms with Gasteiger partial charge in [-0.2, -0.15) is 0 Å². The molecule has 2 aromatic carbocycles. The first-order valence-corrected chi connectivity index (χ1v) is 10.1. The standard InChI is InChI=1S/C24H27N5O/c1-5-30-20-13-11-19(12-14-20)29-16(2)21-22(17(29)3)24(27-26-23(21)25)28(4)15-18-9-7-6-8-10-18/h6-14H,5,15H2,1-4H3,(H2,25,26). The molecule has 30 heavy (non-hydrogen) atoms. The molecule has 0 atom stereocenters.